The average Bonchev–Trinajstić information content (AvgIpc) is 3.05. The highest BCUT2D eigenvalue weighted by molar-refractivity contribution is 9.10. The SMILES string of the molecule is CN1C(=O)C2C(NC3N(CCO)N=C(c4ccc(Br)cc4)CN23)N(C)C1=O. The van der Waals surface area contributed by atoms with Gasteiger partial charge in [-0.1, -0.05) is 28.1 Å². The third-order valence-corrected chi connectivity index (χ3v) is 5.78. The molecule has 3 unspecified atom stereocenters. The van der Waals surface area contributed by atoms with Gasteiger partial charge in [0.1, 0.15) is 12.2 Å². The highest BCUT2D eigenvalue weighted by Crippen LogP contribution is 2.30. The van der Waals surface area contributed by atoms with Crippen molar-refractivity contribution >= 4 is 33.6 Å². The van der Waals surface area contributed by atoms with E-state index in [1.165, 1.54) is 7.05 Å². The molecule has 27 heavy (non-hydrogen) atoms. The normalized spacial score (nSPS) is 28.4. The summed E-state index contributed by atoms with van der Waals surface area (Å²) in [6.07, 6.45) is -0.802. The van der Waals surface area contributed by atoms with Crippen molar-refractivity contribution in [3.05, 3.63) is 34.3 Å². The Labute approximate surface area is 165 Å². The van der Waals surface area contributed by atoms with Gasteiger partial charge < -0.3 is 10.0 Å². The van der Waals surface area contributed by atoms with Crippen LogP contribution in [0.2, 0.25) is 0 Å². The number of urea groups is 1. The monoisotopic (exact) mass is 436 g/mol. The minimum Gasteiger partial charge on any atom is -0.394 e. The predicted octanol–water partition coefficient (Wildman–Crippen LogP) is -0.132. The Balaban J connectivity index is 1.70. The van der Waals surface area contributed by atoms with Crippen LogP contribution in [-0.2, 0) is 4.79 Å². The summed E-state index contributed by atoms with van der Waals surface area (Å²) in [6.45, 7) is 0.709. The van der Waals surface area contributed by atoms with E-state index in [1.807, 2.05) is 29.2 Å². The maximum Gasteiger partial charge on any atom is 0.327 e. The maximum absolute atomic E-state index is 12.9. The topological polar surface area (TPSA) is 91.7 Å². The first-order chi connectivity index (χ1) is 12.9. The highest BCUT2D eigenvalue weighted by atomic mass is 79.9. The molecule has 3 aliphatic rings. The van der Waals surface area contributed by atoms with Gasteiger partial charge in [0.15, 0.2) is 6.29 Å². The van der Waals surface area contributed by atoms with Crippen molar-refractivity contribution in [1.29, 1.82) is 0 Å². The number of fused-ring (bicyclic) bond motifs is 3. The Kier molecular flexibility index (Phi) is 4.66. The number of hydrogen-bond donors (Lipinski definition) is 2. The molecule has 0 bridgehead atoms. The molecule has 3 amide bonds. The number of benzene rings is 1. The van der Waals surface area contributed by atoms with Gasteiger partial charge in [-0.25, -0.2) is 9.69 Å². The van der Waals surface area contributed by atoms with Gasteiger partial charge >= 0.3 is 6.03 Å². The van der Waals surface area contributed by atoms with Gasteiger partial charge in [0.05, 0.1) is 18.9 Å². The van der Waals surface area contributed by atoms with Crippen LogP contribution in [0.25, 0.3) is 0 Å². The lowest BCUT2D eigenvalue weighted by Crippen LogP contribution is -2.65. The number of amides is 3. The number of nitrogens with zero attached hydrogens (tertiary/aromatic N) is 5. The summed E-state index contributed by atoms with van der Waals surface area (Å²) in [5, 5.41) is 19.2. The number of rotatable bonds is 3. The fraction of sp³-hybridized carbons (Fsp3) is 0.471. The van der Waals surface area contributed by atoms with E-state index < -0.39 is 12.2 Å². The number of carbonyl (C=O) groups is 2. The molecule has 144 valence electrons. The van der Waals surface area contributed by atoms with Crippen molar-refractivity contribution in [3.8, 4) is 0 Å². The van der Waals surface area contributed by atoms with Crippen molar-refractivity contribution in [1.82, 2.24) is 25.0 Å². The number of halogens is 1. The lowest BCUT2D eigenvalue weighted by atomic mass is 10.1. The van der Waals surface area contributed by atoms with E-state index >= 15 is 0 Å². The van der Waals surface area contributed by atoms with Gasteiger partial charge in [-0.15, -0.1) is 0 Å². The number of carbonyl (C=O) groups excluding carboxylic acids is 2. The van der Waals surface area contributed by atoms with Gasteiger partial charge in [-0.3, -0.25) is 20.0 Å². The van der Waals surface area contributed by atoms with Gasteiger partial charge in [0.2, 0.25) is 0 Å². The summed E-state index contributed by atoms with van der Waals surface area (Å²) in [7, 11) is 3.19. The molecule has 1 aromatic carbocycles. The van der Waals surface area contributed by atoms with Crippen molar-refractivity contribution in [2.75, 3.05) is 33.8 Å². The molecule has 2 saturated heterocycles. The van der Waals surface area contributed by atoms with Crippen LogP contribution in [0.15, 0.2) is 33.8 Å². The van der Waals surface area contributed by atoms with E-state index in [9.17, 15) is 14.7 Å². The lowest BCUT2D eigenvalue weighted by molar-refractivity contribution is -0.137. The van der Waals surface area contributed by atoms with Crippen LogP contribution in [0.3, 0.4) is 0 Å². The van der Waals surface area contributed by atoms with Crippen LogP contribution in [0.5, 0.6) is 0 Å². The molecule has 1 aromatic rings. The fourth-order valence-electron chi connectivity index (χ4n) is 3.84. The largest absolute Gasteiger partial charge is 0.394 e. The summed E-state index contributed by atoms with van der Waals surface area (Å²) >= 11 is 3.43. The second-order valence-electron chi connectivity index (χ2n) is 6.83. The van der Waals surface area contributed by atoms with Crippen LogP contribution in [0.4, 0.5) is 4.79 Å². The Morgan fingerprint density at radius 1 is 1.26 bits per heavy atom. The van der Waals surface area contributed by atoms with E-state index in [2.05, 4.69) is 21.2 Å². The molecule has 0 saturated carbocycles. The first-order valence-corrected chi connectivity index (χ1v) is 9.48. The Morgan fingerprint density at radius 2 is 1.96 bits per heavy atom. The molecule has 0 aliphatic carbocycles. The molecule has 3 atom stereocenters. The van der Waals surface area contributed by atoms with Crippen LogP contribution in [-0.4, -0.2) is 94.8 Å². The van der Waals surface area contributed by atoms with Gasteiger partial charge in [0.25, 0.3) is 5.91 Å². The van der Waals surface area contributed by atoms with Gasteiger partial charge in [-0.05, 0) is 17.7 Å². The number of aliphatic hydroxyl groups excluding tert-OH is 1. The smallest absolute Gasteiger partial charge is 0.327 e. The van der Waals surface area contributed by atoms with Gasteiger partial charge in [-0.2, -0.15) is 5.10 Å². The van der Waals surface area contributed by atoms with E-state index in [-0.39, 0.29) is 24.8 Å². The summed E-state index contributed by atoms with van der Waals surface area (Å²) < 4.78 is 0.972. The number of hydrazone groups is 1. The van der Waals surface area contributed by atoms with E-state index in [1.54, 1.807) is 17.0 Å². The molecular formula is C17H21BrN6O3. The predicted molar refractivity (Wildman–Crippen MR) is 102 cm³/mol. The van der Waals surface area contributed by atoms with Crippen molar-refractivity contribution < 1.29 is 14.7 Å². The molecule has 4 rings (SSSR count). The molecule has 3 aliphatic heterocycles. The molecule has 3 heterocycles. The second kappa shape index (κ2) is 6.86. The summed E-state index contributed by atoms with van der Waals surface area (Å²) in [6, 6.07) is 6.97. The zero-order chi connectivity index (χ0) is 19.3. The summed E-state index contributed by atoms with van der Waals surface area (Å²) in [4.78, 5) is 29.9. The van der Waals surface area contributed by atoms with Crippen molar-refractivity contribution in [2.45, 2.75) is 18.5 Å². The van der Waals surface area contributed by atoms with E-state index in [0.29, 0.717) is 13.1 Å². The molecule has 0 aromatic heterocycles. The molecule has 0 radical (unpaired) electrons. The maximum atomic E-state index is 12.9. The lowest BCUT2D eigenvalue weighted by Gasteiger charge is -2.41. The third kappa shape index (κ3) is 2.92. The number of imide groups is 1. The van der Waals surface area contributed by atoms with Crippen LogP contribution in [0.1, 0.15) is 5.56 Å². The first kappa shape index (κ1) is 18.4. The minimum absolute atomic E-state index is 0.0684. The molecule has 2 N–H and O–H groups in total. The molecule has 10 heteroatoms. The average molecular weight is 437 g/mol. The minimum atomic E-state index is -0.509. The van der Waals surface area contributed by atoms with Crippen LogP contribution in [0, 0.1) is 0 Å². The van der Waals surface area contributed by atoms with Crippen molar-refractivity contribution in [3.63, 3.8) is 0 Å². The zero-order valence-electron chi connectivity index (χ0n) is 15.0. The molecule has 2 fully saturated rings. The molecular weight excluding hydrogens is 416 g/mol. The Bertz CT molecular complexity index is 800. The third-order valence-electron chi connectivity index (χ3n) is 5.25. The Hall–Kier alpha value is -2.01. The van der Waals surface area contributed by atoms with Crippen LogP contribution >= 0.6 is 15.9 Å². The highest BCUT2D eigenvalue weighted by Gasteiger charge is 2.55. The summed E-state index contributed by atoms with van der Waals surface area (Å²) in [5.41, 5.74) is 1.76. The number of aliphatic hydroxyl groups is 1. The summed E-state index contributed by atoms with van der Waals surface area (Å²) in [5.74, 6) is -0.237. The quantitative estimate of drug-likeness (QED) is 0.685. The standard InChI is InChI=1S/C17H21BrN6O3/c1-21-14-13(15(26)22(2)17(21)27)23-9-12(10-3-5-11(18)6-4-10)20-24(7-8-25)16(23)19-14/h3-6,13-14,16,19,25H,7-9H2,1-2H3. The van der Waals surface area contributed by atoms with Gasteiger partial charge in [0, 0.05) is 25.1 Å². The number of β-amino-alcohol motifs (C(OH)–C–C–N with tert-alkyl or cyclic N) is 1. The number of likely N-dealkylation sites (N-methyl/N-ethyl adjacent to an activating group) is 2. The Morgan fingerprint density at radius 3 is 2.63 bits per heavy atom. The molecule has 0 spiro atoms. The van der Waals surface area contributed by atoms with Crippen molar-refractivity contribution in [2.24, 2.45) is 5.10 Å². The number of hydrogen-bond acceptors (Lipinski definition) is 7. The van der Waals surface area contributed by atoms with E-state index in [4.69, 9.17) is 5.10 Å². The van der Waals surface area contributed by atoms with Crippen LogP contribution < -0.4 is 5.32 Å². The molecule has 9 nitrogen and oxygen atoms in total. The second-order valence-corrected chi connectivity index (χ2v) is 7.75. The number of nitrogens with one attached hydrogen (secondary N) is 1. The first-order valence-electron chi connectivity index (χ1n) is 8.69. The van der Waals surface area contributed by atoms with E-state index in [0.717, 1.165) is 20.6 Å². The zero-order valence-corrected chi connectivity index (χ0v) is 16.6. The fourth-order valence-corrected chi connectivity index (χ4v) is 4.11.